The fraction of sp³-hybridized carbons (Fsp3) is 0.824. The minimum Gasteiger partial charge on any atom is -0.378 e. The van der Waals surface area contributed by atoms with Gasteiger partial charge < -0.3 is 19.9 Å². The average molecular weight is 371 g/mol. The Bertz CT molecular complexity index is 605. The molecule has 0 atom stereocenters. The van der Waals surface area contributed by atoms with Crippen molar-refractivity contribution >= 4 is 18.3 Å². The van der Waals surface area contributed by atoms with Crippen LogP contribution in [0, 0.1) is 0 Å². The van der Waals surface area contributed by atoms with Crippen LogP contribution in [0.5, 0.6) is 0 Å². The molecule has 8 heteroatoms. The summed E-state index contributed by atoms with van der Waals surface area (Å²) in [4.78, 5) is 19.3. The summed E-state index contributed by atoms with van der Waals surface area (Å²) in [5.74, 6) is 1.41. The second kappa shape index (κ2) is 7.21. The molecule has 1 aliphatic heterocycles. The minimum atomic E-state index is -0.421. The molecule has 2 saturated carbocycles. The highest BCUT2D eigenvalue weighted by molar-refractivity contribution is 5.85. The second-order valence-corrected chi connectivity index (χ2v) is 7.59. The Morgan fingerprint density at radius 3 is 2.40 bits per heavy atom. The monoisotopic (exact) mass is 370 g/mol. The Labute approximate surface area is 154 Å². The number of morpholine rings is 1. The van der Waals surface area contributed by atoms with Crippen LogP contribution in [0.2, 0.25) is 0 Å². The first kappa shape index (κ1) is 18.6. The molecule has 1 aromatic rings. The molecule has 3 aliphatic rings. The number of aromatic nitrogens is 2. The van der Waals surface area contributed by atoms with E-state index in [1.165, 1.54) is 0 Å². The van der Waals surface area contributed by atoms with E-state index >= 15 is 0 Å². The molecule has 0 radical (unpaired) electrons. The topological polar surface area (TPSA) is 94.5 Å². The smallest absolute Gasteiger partial charge is 0.233 e. The normalized spacial score (nSPS) is 24.4. The molecule has 4 rings (SSSR count). The van der Waals surface area contributed by atoms with Gasteiger partial charge in [0.2, 0.25) is 11.8 Å². The van der Waals surface area contributed by atoms with Gasteiger partial charge in [-0.1, -0.05) is 18.0 Å². The van der Waals surface area contributed by atoms with Gasteiger partial charge >= 0.3 is 0 Å². The van der Waals surface area contributed by atoms with Crippen molar-refractivity contribution in [3.05, 3.63) is 11.7 Å². The third kappa shape index (κ3) is 3.41. The van der Waals surface area contributed by atoms with E-state index in [4.69, 9.17) is 15.0 Å². The van der Waals surface area contributed by atoms with Gasteiger partial charge in [-0.15, -0.1) is 12.4 Å². The molecule has 2 N–H and O–H groups in total. The lowest BCUT2D eigenvalue weighted by atomic mass is 9.77. The molecule has 140 valence electrons. The average Bonchev–Trinajstić information content (AvgIpc) is 3.23. The predicted molar refractivity (Wildman–Crippen MR) is 93.4 cm³/mol. The quantitative estimate of drug-likeness (QED) is 0.869. The van der Waals surface area contributed by atoms with Gasteiger partial charge in [-0.05, 0) is 32.1 Å². The van der Waals surface area contributed by atoms with Crippen molar-refractivity contribution in [2.24, 2.45) is 5.73 Å². The zero-order valence-electron chi connectivity index (χ0n) is 14.5. The lowest BCUT2D eigenvalue weighted by molar-refractivity contribution is -0.136. The van der Waals surface area contributed by atoms with E-state index in [9.17, 15) is 4.79 Å². The van der Waals surface area contributed by atoms with Crippen molar-refractivity contribution in [3.8, 4) is 0 Å². The summed E-state index contributed by atoms with van der Waals surface area (Å²) in [5.41, 5.74) is 5.60. The molecular formula is C17H27ClN4O3. The van der Waals surface area contributed by atoms with Gasteiger partial charge in [-0.3, -0.25) is 4.79 Å². The summed E-state index contributed by atoms with van der Waals surface area (Å²) in [5, 5.41) is 4.16. The molecule has 7 nitrogen and oxygen atoms in total. The van der Waals surface area contributed by atoms with Crippen molar-refractivity contribution in [1.82, 2.24) is 15.0 Å². The first-order valence-electron chi connectivity index (χ1n) is 9.11. The molecular weight excluding hydrogens is 344 g/mol. The molecule has 2 aliphatic carbocycles. The van der Waals surface area contributed by atoms with E-state index in [-0.39, 0.29) is 23.7 Å². The highest BCUT2D eigenvalue weighted by Crippen LogP contribution is 2.45. The molecule has 3 fully saturated rings. The molecule has 25 heavy (non-hydrogen) atoms. The van der Waals surface area contributed by atoms with Gasteiger partial charge in [0.1, 0.15) is 0 Å². The number of nitrogens with zero attached hydrogens (tertiary/aromatic N) is 3. The third-order valence-electron chi connectivity index (χ3n) is 5.98. The standard InChI is InChI=1S/C17H26N4O3.ClH/c18-17(6-3-7-17)14-19-15(24-20-14)16(4-1-2-5-16)12-13(22)21-8-10-23-11-9-21;/h1-12,18H2;1H. The zero-order valence-corrected chi connectivity index (χ0v) is 15.4. The maximum absolute atomic E-state index is 12.8. The van der Waals surface area contributed by atoms with Gasteiger partial charge in [0.05, 0.1) is 24.2 Å². The summed E-state index contributed by atoms with van der Waals surface area (Å²) in [6, 6.07) is 0. The van der Waals surface area contributed by atoms with Crippen LogP contribution in [0.4, 0.5) is 0 Å². The van der Waals surface area contributed by atoms with Crippen LogP contribution in [0.1, 0.15) is 63.1 Å². The lowest BCUT2D eigenvalue weighted by Crippen LogP contribution is -2.44. The first-order chi connectivity index (χ1) is 11.6. The van der Waals surface area contributed by atoms with E-state index < -0.39 is 5.54 Å². The Morgan fingerprint density at radius 1 is 1.12 bits per heavy atom. The summed E-state index contributed by atoms with van der Waals surface area (Å²) >= 11 is 0. The van der Waals surface area contributed by atoms with Crippen molar-refractivity contribution in [1.29, 1.82) is 0 Å². The molecule has 0 unspecified atom stereocenters. The molecule has 1 saturated heterocycles. The van der Waals surface area contributed by atoms with E-state index in [0.717, 1.165) is 44.9 Å². The SMILES string of the molecule is Cl.NC1(c2noc(C3(CC(=O)N4CCOCC4)CCCC3)n2)CCC1. The van der Waals surface area contributed by atoms with Crippen LogP contribution >= 0.6 is 12.4 Å². The van der Waals surface area contributed by atoms with Crippen LogP contribution in [0.25, 0.3) is 0 Å². The summed E-state index contributed by atoms with van der Waals surface area (Å²) in [6.07, 6.45) is 7.44. The number of hydrogen-bond donors (Lipinski definition) is 1. The molecule has 2 heterocycles. The zero-order chi connectivity index (χ0) is 16.6. The second-order valence-electron chi connectivity index (χ2n) is 7.59. The predicted octanol–water partition coefficient (Wildman–Crippen LogP) is 1.89. The Balaban J connectivity index is 0.00000182. The summed E-state index contributed by atoms with van der Waals surface area (Å²) in [7, 11) is 0. The number of nitrogens with two attached hydrogens (primary N) is 1. The molecule has 0 aromatic carbocycles. The van der Waals surface area contributed by atoms with Crippen LogP contribution in [-0.2, 0) is 20.5 Å². The number of halogens is 1. The van der Waals surface area contributed by atoms with Crippen LogP contribution in [-0.4, -0.2) is 47.3 Å². The van der Waals surface area contributed by atoms with Gasteiger partial charge in [-0.25, -0.2) is 0 Å². The van der Waals surface area contributed by atoms with Crippen molar-refractivity contribution in [2.75, 3.05) is 26.3 Å². The Morgan fingerprint density at radius 2 is 1.80 bits per heavy atom. The number of rotatable bonds is 4. The fourth-order valence-corrected chi connectivity index (χ4v) is 4.15. The molecule has 0 spiro atoms. The number of amides is 1. The largest absolute Gasteiger partial charge is 0.378 e. The highest BCUT2D eigenvalue weighted by Gasteiger charge is 2.46. The molecule has 1 amide bonds. The van der Waals surface area contributed by atoms with Gasteiger partial charge in [0.15, 0.2) is 5.82 Å². The van der Waals surface area contributed by atoms with Crippen LogP contribution < -0.4 is 5.73 Å². The first-order valence-corrected chi connectivity index (χ1v) is 9.11. The summed E-state index contributed by atoms with van der Waals surface area (Å²) < 4.78 is 11.0. The Hall–Kier alpha value is -1.18. The number of ether oxygens (including phenoxy) is 1. The maximum atomic E-state index is 12.8. The molecule has 0 bridgehead atoms. The Kier molecular flexibility index (Phi) is 5.37. The summed E-state index contributed by atoms with van der Waals surface area (Å²) in [6.45, 7) is 2.60. The van der Waals surface area contributed by atoms with E-state index in [2.05, 4.69) is 10.1 Å². The number of carbonyl (C=O) groups is 1. The third-order valence-corrected chi connectivity index (χ3v) is 5.98. The lowest BCUT2D eigenvalue weighted by Gasteiger charge is -2.34. The fourth-order valence-electron chi connectivity index (χ4n) is 4.15. The van der Waals surface area contributed by atoms with Crippen molar-refractivity contribution in [2.45, 2.75) is 62.3 Å². The molecule has 1 aromatic heterocycles. The number of carbonyl (C=O) groups excluding carboxylic acids is 1. The van der Waals surface area contributed by atoms with E-state index in [1.807, 2.05) is 4.90 Å². The van der Waals surface area contributed by atoms with Gasteiger partial charge in [0, 0.05) is 19.5 Å². The van der Waals surface area contributed by atoms with Crippen LogP contribution in [0.3, 0.4) is 0 Å². The highest BCUT2D eigenvalue weighted by atomic mass is 35.5. The van der Waals surface area contributed by atoms with E-state index in [1.54, 1.807) is 0 Å². The van der Waals surface area contributed by atoms with Crippen molar-refractivity contribution < 1.29 is 14.1 Å². The number of hydrogen-bond acceptors (Lipinski definition) is 6. The van der Waals surface area contributed by atoms with Gasteiger partial charge in [0.25, 0.3) is 0 Å². The van der Waals surface area contributed by atoms with Crippen LogP contribution in [0.15, 0.2) is 4.52 Å². The van der Waals surface area contributed by atoms with Crippen molar-refractivity contribution in [3.63, 3.8) is 0 Å². The minimum absolute atomic E-state index is 0. The van der Waals surface area contributed by atoms with E-state index in [0.29, 0.717) is 44.4 Å². The maximum Gasteiger partial charge on any atom is 0.233 e. The van der Waals surface area contributed by atoms with Gasteiger partial charge in [-0.2, -0.15) is 4.98 Å².